The smallest absolute Gasteiger partial charge is 0.325 e. The standard InChI is InChI=1S/C19H15F3N2O2/c1-2-17(25)24-11-15(14-8-3-4-9-16(14)24)18(26)23-13-7-5-6-12(10-13)19(20,21)22/h2-10,15H,1,11H2,(H,23,26). The molecule has 0 saturated carbocycles. The van der Waals surface area contributed by atoms with Gasteiger partial charge in [-0.05, 0) is 35.9 Å². The van der Waals surface area contributed by atoms with E-state index in [9.17, 15) is 22.8 Å². The third-order valence-corrected chi connectivity index (χ3v) is 4.18. The molecule has 0 spiro atoms. The number of halogens is 3. The van der Waals surface area contributed by atoms with Gasteiger partial charge < -0.3 is 10.2 Å². The Morgan fingerprint density at radius 2 is 1.88 bits per heavy atom. The molecule has 1 heterocycles. The Balaban J connectivity index is 1.85. The van der Waals surface area contributed by atoms with Crippen molar-refractivity contribution in [3.8, 4) is 0 Å². The number of alkyl halides is 3. The fraction of sp³-hybridized carbons (Fsp3) is 0.158. The molecule has 7 heteroatoms. The summed E-state index contributed by atoms with van der Waals surface area (Å²) in [5.41, 5.74) is 0.454. The molecule has 1 aliphatic heterocycles. The first-order valence-electron chi connectivity index (χ1n) is 7.82. The molecule has 26 heavy (non-hydrogen) atoms. The number of amides is 2. The average molecular weight is 360 g/mol. The number of hydrogen-bond donors (Lipinski definition) is 1. The van der Waals surface area contributed by atoms with Crippen LogP contribution in [0.15, 0.2) is 61.2 Å². The average Bonchev–Trinajstić information content (AvgIpc) is 3.00. The molecule has 0 aliphatic carbocycles. The highest BCUT2D eigenvalue weighted by Crippen LogP contribution is 2.37. The molecule has 0 aromatic heterocycles. The van der Waals surface area contributed by atoms with E-state index in [2.05, 4.69) is 11.9 Å². The summed E-state index contributed by atoms with van der Waals surface area (Å²) in [7, 11) is 0. The van der Waals surface area contributed by atoms with Gasteiger partial charge in [-0.25, -0.2) is 0 Å². The third-order valence-electron chi connectivity index (χ3n) is 4.18. The molecule has 0 bridgehead atoms. The van der Waals surface area contributed by atoms with Gasteiger partial charge in [-0.15, -0.1) is 0 Å². The highest BCUT2D eigenvalue weighted by molar-refractivity contribution is 6.07. The van der Waals surface area contributed by atoms with E-state index in [1.807, 2.05) is 0 Å². The summed E-state index contributed by atoms with van der Waals surface area (Å²) in [5, 5.41) is 2.51. The molecular weight excluding hydrogens is 345 g/mol. The van der Waals surface area contributed by atoms with Crippen LogP contribution < -0.4 is 10.2 Å². The van der Waals surface area contributed by atoms with Crippen LogP contribution in [0.2, 0.25) is 0 Å². The molecule has 2 amide bonds. The van der Waals surface area contributed by atoms with Crippen molar-refractivity contribution in [3.63, 3.8) is 0 Å². The first-order chi connectivity index (χ1) is 12.3. The van der Waals surface area contributed by atoms with Crippen molar-refractivity contribution in [2.24, 2.45) is 0 Å². The van der Waals surface area contributed by atoms with E-state index in [1.165, 1.54) is 17.0 Å². The van der Waals surface area contributed by atoms with Crippen molar-refractivity contribution in [2.45, 2.75) is 12.1 Å². The zero-order chi connectivity index (χ0) is 18.9. The number of nitrogens with one attached hydrogen (secondary N) is 1. The number of para-hydroxylation sites is 1. The molecule has 0 fully saturated rings. The van der Waals surface area contributed by atoms with E-state index < -0.39 is 23.6 Å². The predicted molar refractivity (Wildman–Crippen MR) is 91.8 cm³/mol. The van der Waals surface area contributed by atoms with E-state index >= 15 is 0 Å². The number of carbonyl (C=O) groups is 2. The maximum Gasteiger partial charge on any atom is 0.416 e. The number of hydrogen-bond acceptors (Lipinski definition) is 2. The van der Waals surface area contributed by atoms with E-state index in [4.69, 9.17) is 0 Å². The molecule has 3 rings (SSSR count). The second-order valence-electron chi connectivity index (χ2n) is 5.83. The maximum atomic E-state index is 12.8. The number of carbonyl (C=O) groups excluding carboxylic acids is 2. The zero-order valence-corrected chi connectivity index (χ0v) is 13.6. The SMILES string of the molecule is C=CC(=O)N1CC(C(=O)Nc2cccc(C(F)(F)F)c2)c2ccccc21. The van der Waals surface area contributed by atoms with Gasteiger partial charge in [0, 0.05) is 17.9 Å². The van der Waals surface area contributed by atoms with Crippen molar-refractivity contribution >= 4 is 23.2 Å². The lowest BCUT2D eigenvalue weighted by atomic mass is 10.0. The van der Waals surface area contributed by atoms with Crippen molar-refractivity contribution in [1.29, 1.82) is 0 Å². The Labute approximate surface area is 147 Å². The predicted octanol–water partition coefficient (Wildman–Crippen LogP) is 3.96. The summed E-state index contributed by atoms with van der Waals surface area (Å²) in [6.45, 7) is 3.56. The van der Waals surface area contributed by atoms with Crippen LogP contribution in [0.4, 0.5) is 24.5 Å². The Hall–Kier alpha value is -3.09. The van der Waals surface area contributed by atoms with Crippen molar-refractivity contribution < 1.29 is 22.8 Å². The molecule has 2 aromatic carbocycles. The van der Waals surface area contributed by atoms with Gasteiger partial charge in [-0.1, -0.05) is 30.8 Å². The lowest BCUT2D eigenvalue weighted by Gasteiger charge is -2.16. The summed E-state index contributed by atoms with van der Waals surface area (Å²) < 4.78 is 38.4. The molecule has 0 radical (unpaired) electrons. The molecule has 1 atom stereocenters. The van der Waals surface area contributed by atoms with Gasteiger partial charge in [0.1, 0.15) is 0 Å². The number of nitrogens with zero attached hydrogens (tertiary/aromatic N) is 1. The van der Waals surface area contributed by atoms with Crippen LogP contribution in [0.3, 0.4) is 0 Å². The highest BCUT2D eigenvalue weighted by Gasteiger charge is 2.36. The summed E-state index contributed by atoms with van der Waals surface area (Å²) in [6, 6.07) is 11.4. The number of anilines is 2. The fourth-order valence-electron chi connectivity index (χ4n) is 2.95. The monoisotopic (exact) mass is 360 g/mol. The molecule has 0 saturated heterocycles. The lowest BCUT2D eigenvalue weighted by Crippen LogP contribution is -2.31. The molecule has 4 nitrogen and oxygen atoms in total. The minimum atomic E-state index is -4.49. The summed E-state index contributed by atoms with van der Waals surface area (Å²) >= 11 is 0. The van der Waals surface area contributed by atoms with Crippen LogP contribution >= 0.6 is 0 Å². The van der Waals surface area contributed by atoms with Gasteiger partial charge in [0.15, 0.2) is 0 Å². The molecular formula is C19H15F3N2O2. The Bertz CT molecular complexity index is 877. The molecule has 1 aliphatic rings. The van der Waals surface area contributed by atoms with Crippen LogP contribution in [0.5, 0.6) is 0 Å². The van der Waals surface area contributed by atoms with Gasteiger partial charge in [-0.3, -0.25) is 9.59 Å². The molecule has 1 N–H and O–H groups in total. The zero-order valence-electron chi connectivity index (χ0n) is 13.6. The quantitative estimate of drug-likeness (QED) is 0.843. The van der Waals surface area contributed by atoms with E-state index in [0.29, 0.717) is 11.3 Å². The number of rotatable bonds is 3. The van der Waals surface area contributed by atoms with Crippen LogP contribution in [0, 0.1) is 0 Å². The van der Waals surface area contributed by atoms with E-state index in [1.54, 1.807) is 24.3 Å². The van der Waals surface area contributed by atoms with Crippen LogP contribution in [-0.4, -0.2) is 18.4 Å². The minimum Gasteiger partial charge on any atom is -0.325 e. The fourth-order valence-corrected chi connectivity index (χ4v) is 2.95. The Morgan fingerprint density at radius 1 is 1.15 bits per heavy atom. The minimum absolute atomic E-state index is 0.0517. The van der Waals surface area contributed by atoms with Crippen LogP contribution in [0.1, 0.15) is 17.0 Å². The lowest BCUT2D eigenvalue weighted by molar-refractivity contribution is -0.137. The third kappa shape index (κ3) is 3.33. The second-order valence-corrected chi connectivity index (χ2v) is 5.83. The normalized spacial score (nSPS) is 16.1. The van der Waals surface area contributed by atoms with Gasteiger partial charge in [-0.2, -0.15) is 13.2 Å². The van der Waals surface area contributed by atoms with Gasteiger partial charge in [0.2, 0.25) is 11.8 Å². The van der Waals surface area contributed by atoms with Crippen molar-refractivity contribution in [1.82, 2.24) is 0 Å². The van der Waals surface area contributed by atoms with Crippen LogP contribution in [-0.2, 0) is 15.8 Å². The number of fused-ring (bicyclic) bond motifs is 1. The van der Waals surface area contributed by atoms with Gasteiger partial charge in [0.05, 0.1) is 11.5 Å². The van der Waals surface area contributed by atoms with Gasteiger partial charge >= 0.3 is 6.18 Å². The Morgan fingerprint density at radius 3 is 2.58 bits per heavy atom. The first kappa shape index (κ1) is 17.7. The molecule has 1 unspecified atom stereocenters. The molecule has 134 valence electrons. The van der Waals surface area contributed by atoms with Crippen molar-refractivity contribution in [3.05, 3.63) is 72.3 Å². The van der Waals surface area contributed by atoms with Crippen LogP contribution in [0.25, 0.3) is 0 Å². The summed E-state index contributed by atoms with van der Waals surface area (Å²) in [6.07, 6.45) is -3.34. The second kappa shape index (κ2) is 6.67. The van der Waals surface area contributed by atoms with Crippen molar-refractivity contribution in [2.75, 3.05) is 16.8 Å². The summed E-state index contributed by atoms with van der Waals surface area (Å²) in [5.74, 6) is -1.49. The first-order valence-corrected chi connectivity index (χ1v) is 7.82. The van der Waals surface area contributed by atoms with E-state index in [-0.39, 0.29) is 18.1 Å². The topological polar surface area (TPSA) is 49.4 Å². The largest absolute Gasteiger partial charge is 0.416 e. The van der Waals surface area contributed by atoms with Gasteiger partial charge in [0.25, 0.3) is 0 Å². The van der Waals surface area contributed by atoms with E-state index in [0.717, 1.165) is 18.2 Å². The Kier molecular flexibility index (Phi) is 4.54. The number of benzene rings is 2. The maximum absolute atomic E-state index is 12.8. The molecule has 2 aromatic rings. The summed E-state index contributed by atoms with van der Waals surface area (Å²) in [4.78, 5) is 26.1. The highest BCUT2D eigenvalue weighted by atomic mass is 19.4.